The molecule has 8 nitrogen and oxygen atoms in total. The number of hydrogen-bond donors (Lipinski definition) is 1. The number of aromatic nitrogens is 3. The summed E-state index contributed by atoms with van der Waals surface area (Å²) < 4.78 is 81.5. The van der Waals surface area contributed by atoms with Crippen molar-refractivity contribution in [3.05, 3.63) is 46.8 Å². The third kappa shape index (κ3) is 5.68. The number of carboxylic acid groups (broad SMARTS) is 1. The molecule has 1 N–H and O–H groups in total. The molecule has 35 heavy (non-hydrogen) atoms. The van der Waals surface area contributed by atoms with Gasteiger partial charge in [0.15, 0.2) is 17.5 Å². The zero-order valence-electron chi connectivity index (χ0n) is 19.0. The van der Waals surface area contributed by atoms with Crippen molar-refractivity contribution in [2.75, 3.05) is 6.54 Å². The Balaban J connectivity index is 1.87. The number of amides is 2. The monoisotopic (exact) mass is 507 g/mol. The minimum atomic E-state index is -4.72. The summed E-state index contributed by atoms with van der Waals surface area (Å²) in [7, 11) is 0. The predicted molar refractivity (Wildman–Crippen MR) is 108 cm³/mol. The highest BCUT2D eigenvalue weighted by Crippen LogP contribution is 2.30. The van der Waals surface area contributed by atoms with Crippen molar-refractivity contribution in [3.8, 4) is 0 Å². The molecule has 1 aromatic carbocycles. The number of rotatable bonds is 5. The van der Waals surface area contributed by atoms with Gasteiger partial charge < -0.3 is 14.6 Å². The van der Waals surface area contributed by atoms with Gasteiger partial charge >= 0.3 is 12.3 Å². The lowest BCUT2D eigenvalue weighted by Crippen LogP contribution is -2.54. The van der Waals surface area contributed by atoms with Crippen LogP contribution in [0.15, 0.2) is 12.1 Å². The first-order valence-electron chi connectivity index (χ1n) is 10.5. The van der Waals surface area contributed by atoms with E-state index >= 15 is 0 Å². The number of nitrogens with zero attached hydrogens (tertiary/aromatic N) is 5. The standard InChI is InChI=1S/C21H23F6N5O3/c1-20(2,3)32(19(34)35)12(6-11-7-14(23)15(24)9-13(11)22)8-17(33)30-4-5-31-16(10-30)28-29-18(31)21(25,26)27/h7,9,12H,4-6,8,10H2,1-3H3,(H,34,35)/t12-/m0/s1. The second-order valence-electron chi connectivity index (χ2n) is 9.15. The van der Waals surface area contributed by atoms with Gasteiger partial charge in [-0.3, -0.25) is 9.69 Å². The van der Waals surface area contributed by atoms with E-state index in [9.17, 15) is 41.0 Å². The van der Waals surface area contributed by atoms with Crippen molar-refractivity contribution < 1.29 is 41.0 Å². The van der Waals surface area contributed by atoms with Gasteiger partial charge in [-0.2, -0.15) is 13.2 Å². The van der Waals surface area contributed by atoms with Crippen LogP contribution < -0.4 is 0 Å². The van der Waals surface area contributed by atoms with E-state index in [0.29, 0.717) is 12.1 Å². The predicted octanol–water partition coefficient (Wildman–Crippen LogP) is 3.84. The zero-order chi connectivity index (χ0) is 26.3. The van der Waals surface area contributed by atoms with Gasteiger partial charge in [-0.15, -0.1) is 10.2 Å². The number of halogens is 6. The third-order valence-electron chi connectivity index (χ3n) is 5.61. The fourth-order valence-electron chi connectivity index (χ4n) is 4.13. The van der Waals surface area contributed by atoms with Gasteiger partial charge in [0.25, 0.3) is 0 Å². The van der Waals surface area contributed by atoms with E-state index in [4.69, 9.17) is 0 Å². The molecule has 192 valence electrons. The first-order valence-corrected chi connectivity index (χ1v) is 10.5. The molecule has 2 aromatic rings. The van der Waals surface area contributed by atoms with Crippen LogP contribution in [0, 0.1) is 17.5 Å². The van der Waals surface area contributed by atoms with Crippen molar-refractivity contribution in [2.24, 2.45) is 0 Å². The highest BCUT2D eigenvalue weighted by atomic mass is 19.4. The highest BCUT2D eigenvalue weighted by Gasteiger charge is 2.41. The Morgan fingerprint density at radius 3 is 2.26 bits per heavy atom. The molecule has 0 unspecified atom stereocenters. The molecule has 2 amide bonds. The van der Waals surface area contributed by atoms with E-state index in [2.05, 4.69) is 10.2 Å². The fourth-order valence-corrected chi connectivity index (χ4v) is 4.13. The molecule has 1 aliphatic heterocycles. The summed E-state index contributed by atoms with van der Waals surface area (Å²) in [6.45, 7) is 3.98. The van der Waals surface area contributed by atoms with Crippen LogP contribution in [0.5, 0.6) is 0 Å². The second-order valence-corrected chi connectivity index (χ2v) is 9.15. The molecule has 0 spiro atoms. The maximum Gasteiger partial charge on any atom is 0.451 e. The topological polar surface area (TPSA) is 91.6 Å². The minimum absolute atomic E-state index is 0.0916. The quantitative estimate of drug-likeness (QED) is 0.491. The van der Waals surface area contributed by atoms with Gasteiger partial charge in [0.2, 0.25) is 11.7 Å². The number of benzene rings is 1. The number of hydrogen-bond acceptors (Lipinski definition) is 4. The fraction of sp³-hybridized carbons (Fsp3) is 0.524. The SMILES string of the molecule is CC(C)(C)N(C(=O)O)[C@H](CC(=O)N1CCn2c(nnc2C(F)(F)F)C1)Cc1cc(F)c(F)cc1F. The molecule has 1 aromatic heterocycles. The van der Waals surface area contributed by atoms with Crippen LogP contribution in [0.25, 0.3) is 0 Å². The van der Waals surface area contributed by atoms with E-state index in [-0.39, 0.29) is 31.0 Å². The molecule has 0 radical (unpaired) electrons. The van der Waals surface area contributed by atoms with Gasteiger partial charge in [0.1, 0.15) is 5.82 Å². The van der Waals surface area contributed by atoms with Crippen LogP contribution in [0.1, 0.15) is 44.4 Å². The summed E-state index contributed by atoms with van der Waals surface area (Å²) in [5, 5.41) is 16.5. The lowest BCUT2D eigenvalue weighted by Gasteiger charge is -2.40. The molecule has 0 saturated heterocycles. The van der Waals surface area contributed by atoms with E-state index in [1.54, 1.807) is 20.8 Å². The van der Waals surface area contributed by atoms with Crippen LogP contribution in [-0.2, 0) is 30.5 Å². The molecule has 2 heterocycles. The molecule has 14 heteroatoms. The van der Waals surface area contributed by atoms with Gasteiger partial charge in [0.05, 0.1) is 6.54 Å². The lowest BCUT2D eigenvalue weighted by molar-refractivity contribution is -0.148. The van der Waals surface area contributed by atoms with Crippen molar-refractivity contribution in [2.45, 2.75) is 64.5 Å². The summed E-state index contributed by atoms with van der Waals surface area (Å²) in [5.41, 5.74) is -1.39. The molecule has 1 aliphatic rings. The largest absolute Gasteiger partial charge is 0.465 e. The maximum absolute atomic E-state index is 14.3. The maximum atomic E-state index is 14.3. The normalized spacial score (nSPS) is 15.1. The van der Waals surface area contributed by atoms with E-state index in [0.717, 1.165) is 9.47 Å². The Hall–Kier alpha value is -3.32. The minimum Gasteiger partial charge on any atom is -0.465 e. The molecule has 0 fully saturated rings. The van der Waals surface area contributed by atoms with E-state index in [1.165, 1.54) is 4.90 Å². The molecular weight excluding hydrogens is 484 g/mol. The van der Waals surface area contributed by atoms with Crippen LogP contribution in [-0.4, -0.2) is 59.8 Å². The zero-order valence-corrected chi connectivity index (χ0v) is 19.0. The lowest BCUT2D eigenvalue weighted by atomic mass is 9.95. The summed E-state index contributed by atoms with van der Waals surface area (Å²) in [4.78, 5) is 27.2. The summed E-state index contributed by atoms with van der Waals surface area (Å²) in [6, 6.07) is -0.251. The van der Waals surface area contributed by atoms with Crippen molar-refractivity contribution in [1.29, 1.82) is 0 Å². The van der Waals surface area contributed by atoms with Crippen molar-refractivity contribution in [1.82, 2.24) is 24.6 Å². The average Bonchev–Trinajstić information content (AvgIpc) is 3.14. The first kappa shape index (κ1) is 26.3. The number of carbonyl (C=O) groups excluding carboxylic acids is 1. The van der Waals surface area contributed by atoms with Gasteiger partial charge in [-0.25, -0.2) is 18.0 Å². The highest BCUT2D eigenvalue weighted by molar-refractivity contribution is 5.78. The average molecular weight is 507 g/mol. The third-order valence-corrected chi connectivity index (χ3v) is 5.61. The Morgan fingerprint density at radius 2 is 1.69 bits per heavy atom. The smallest absolute Gasteiger partial charge is 0.451 e. The summed E-state index contributed by atoms with van der Waals surface area (Å²) in [5.74, 6) is -5.76. The van der Waals surface area contributed by atoms with E-state index in [1.807, 2.05) is 0 Å². The number of fused-ring (bicyclic) bond motifs is 1. The van der Waals surface area contributed by atoms with Gasteiger partial charge in [-0.05, 0) is 38.8 Å². The Kier molecular flexibility index (Phi) is 7.04. The van der Waals surface area contributed by atoms with Gasteiger partial charge in [-0.1, -0.05) is 0 Å². The molecule has 1 atom stereocenters. The van der Waals surface area contributed by atoms with Crippen LogP contribution in [0.2, 0.25) is 0 Å². The van der Waals surface area contributed by atoms with Crippen molar-refractivity contribution >= 4 is 12.0 Å². The summed E-state index contributed by atoms with van der Waals surface area (Å²) >= 11 is 0. The second kappa shape index (κ2) is 9.38. The first-order chi connectivity index (χ1) is 16.1. The molecule has 3 rings (SSSR count). The van der Waals surface area contributed by atoms with Gasteiger partial charge in [0, 0.05) is 37.2 Å². The Morgan fingerprint density at radius 1 is 1.06 bits per heavy atom. The van der Waals surface area contributed by atoms with E-state index < -0.39 is 65.9 Å². The van der Waals surface area contributed by atoms with Crippen molar-refractivity contribution in [3.63, 3.8) is 0 Å². The number of alkyl halides is 3. The van der Waals surface area contributed by atoms with Crippen LogP contribution in [0.4, 0.5) is 31.1 Å². The molecule has 0 aliphatic carbocycles. The van der Waals surface area contributed by atoms with Crippen LogP contribution in [0.3, 0.4) is 0 Å². The Bertz CT molecular complexity index is 1130. The molecular formula is C21H23F6N5O3. The van der Waals surface area contributed by atoms with Crippen LogP contribution >= 0.6 is 0 Å². The molecule has 0 saturated carbocycles. The molecule has 0 bridgehead atoms. The Labute approximate surface area is 196 Å². The number of carbonyl (C=O) groups is 2. The summed E-state index contributed by atoms with van der Waals surface area (Å²) in [6.07, 6.45) is -7.07.